The van der Waals surface area contributed by atoms with E-state index >= 15 is 0 Å². The summed E-state index contributed by atoms with van der Waals surface area (Å²) in [6, 6.07) is 13.0. The van der Waals surface area contributed by atoms with Crippen molar-refractivity contribution in [2.24, 2.45) is 5.92 Å². The van der Waals surface area contributed by atoms with Crippen LogP contribution in [0.4, 0.5) is 0 Å². The van der Waals surface area contributed by atoms with Crippen LogP contribution >= 0.6 is 0 Å². The zero-order valence-corrected chi connectivity index (χ0v) is 14.5. The minimum Gasteiger partial charge on any atom is -0.469 e. The number of hydrogen-bond donors (Lipinski definition) is 1. The molecule has 1 aromatic heterocycles. The molecule has 0 bridgehead atoms. The lowest BCUT2D eigenvalue weighted by atomic mass is 9.96. The van der Waals surface area contributed by atoms with E-state index < -0.39 is 0 Å². The lowest BCUT2D eigenvalue weighted by Crippen LogP contribution is -2.47. The van der Waals surface area contributed by atoms with E-state index in [1.807, 2.05) is 49.4 Å². The summed E-state index contributed by atoms with van der Waals surface area (Å²) in [4.78, 5) is 26.9. The van der Waals surface area contributed by atoms with Gasteiger partial charge in [0.1, 0.15) is 5.76 Å². The maximum Gasteiger partial charge on any atom is 0.253 e. The van der Waals surface area contributed by atoms with Crippen molar-refractivity contribution in [3.63, 3.8) is 0 Å². The van der Waals surface area contributed by atoms with E-state index in [2.05, 4.69) is 5.32 Å². The van der Waals surface area contributed by atoms with Gasteiger partial charge in [-0.25, -0.2) is 0 Å². The summed E-state index contributed by atoms with van der Waals surface area (Å²) < 4.78 is 5.32. The monoisotopic (exact) mass is 340 g/mol. The normalized spacial score (nSPS) is 18.6. The molecule has 1 fully saturated rings. The van der Waals surface area contributed by atoms with Crippen LogP contribution < -0.4 is 5.32 Å². The number of carbonyl (C=O) groups is 2. The number of benzene rings is 1. The van der Waals surface area contributed by atoms with Crippen LogP contribution in [0.5, 0.6) is 0 Å². The van der Waals surface area contributed by atoms with Crippen molar-refractivity contribution in [1.82, 2.24) is 10.2 Å². The molecule has 2 aromatic rings. The summed E-state index contributed by atoms with van der Waals surface area (Å²) in [5, 5.41) is 3.05. The van der Waals surface area contributed by atoms with Crippen molar-refractivity contribution in [3.8, 4) is 0 Å². The van der Waals surface area contributed by atoms with Crippen LogP contribution in [0.1, 0.15) is 35.9 Å². The third-order valence-electron chi connectivity index (χ3n) is 4.58. The highest BCUT2D eigenvalue weighted by atomic mass is 16.3. The Morgan fingerprint density at radius 2 is 2.04 bits per heavy atom. The van der Waals surface area contributed by atoms with E-state index in [4.69, 9.17) is 4.42 Å². The molecule has 1 aliphatic rings. The Bertz CT molecular complexity index is 697. The molecule has 1 saturated heterocycles. The minimum atomic E-state index is -0.152. The van der Waals surface area contributed by atoms with E-state index in [0.717, 1.165) is 18.6 Å². The number of amides is 2. The Morgan fingerprint density at radius 3 is 2.76 bits per heavy atom. The maximum absolute atomic E-state index is 12.6. The van der Waals surface area contributed by atoms with Gasteiger partial charge >= 0.3 is 0 Å². The predicted octanol–water partition coefficient (Wildman–Crippen LogP) is 2.88. The Hall–Kier alpha value is -2.56. The van der Waals surface area contributed by atoms with Crippen molar-refractivity contribution in [2.45, 2.75) is 32.2 Å². The molecule has 25 heavy (non-hydrogen) atoms. The summed E-state index contributed by atoms with van der Waals surface area (Å²) >= 11 is 0. The molecule has 132 valence electrons. The minimum absolute atomic E-state index is 0.00106. The molecule has 2 unspecified atom stereocenters. The number of piperidine rings is 1. The fourth-order valence-electron chi connectivity index (χ4n) is 3.28. The number of likely N-dealkylation sites (tertiary alicyclic amines) is 1. The van der Waals surface area contributed by atoms with Gasteiger partial charge in [-0.1, -0.05) is 18.2 Å². The second kappa shape index (κ2) is 8.01. The molecule has 0 saturated carbocycles. The molecule has 2 heterocycles. The lowest BCUT2D eigenvalue weighted by Gasteiger charge is -2.32. The molecule has 0 aliphatic carbocycles. The average molecular weight is 340 g/mol. The van der Waals surface area contributed by atoms with Crippen LogP contribution in [0.25, 0.3) is 0 Å². The first-order valence-corrected chi connectivity index (χ1v) is 8.80. The smallest absolute Gasteiger partial charge is 0.253 e. The molecule has 0 radical (unpaired) electrons. The van der Waals surface area contributed by atoms with Crippen molar-refractivity contribution in [3.05, 3.63) is 60.1 Å². The highest BCUT2D eigenvalue weighted by Crippen LogP contribution is 2.19. The first kappa shape index (κ1) is 17.3. The van der Waals surface area contributed by atoms with E-state index in [1.165, 1.54) is 0 Å². The Morgan fingerprint density at radius 1 is 1.24 bits per heavy atom. The topological polar surface area (TPSA) is 62.6 Å². The standard InChI is InChI=1S/C20H24N2O3/c1-15(13-18-10-6-12-25-18)21-19(23)17-9-5-11-22(14-17)20(24)16-7-3-2-4-8-16/h2-4,6-8,10,12,15,17H,5,9,11,13-14H2,1H3,(H,21,23). The van der Waals surface area contributed by atoms with Crippen molar-refractivity contribution < 1.29 is 14.0 Å². The van der Waals surface area contributed by atoms with Crippen LogP contribution in [-0.4, -0.2) is 35.8 Å². The third-order valence-corrected chi connectivity index (χ3v) is 4.58. The Balaban J connectivity index is 1.55. The van der Waals surface area contributed by atoms with Crippen molar-refractivity contribution in [2.75, 3.05) is 13.1 Å². The fourth-order valence-corrected chi connectivity index (χ4v) is 3.28. The van der Waals surface area contributed by atoms with Gasteiger partial charge in [0.2, 0.25) is 5.91 Å². The fraction of sp³-hybridized carbons (Fsp3) is 0.400. The van der Waals surface area contributed by atoms with Gasteiger partial charge in [0.25, 0.3) is 5.91 Å². The van der Waals surface area contributed by atoms with Gasteiger partial charge in [0.05, 0.1) is 12.2 Å². The van der Waals surface area contributed by atoms with Gasteiger partial charge in [0.15, 0.2) is 0 Å². The SMILES string of the molecule is CC(Cc1ccco1)NC(=O)C1CCCN(C(=O)c2ccccc2)C1. The average Bonchev–Trinajstić information content (AvgIpc) is 3.14. The molecule has 5 nitrogen and oxygen atoms in total. The number of rotatable bonds is 5. The number of nitrogens with one attached hydrogen (secondary N) is 1. The Kier molecular flexibility index (Phi) is 5.53. The molecule has 5 heteroatoms. The number of furan rings is 1. The quantitative estimate of drug-likeness (QED) is 0.910. The number of carbonyl (C=O) groups excluding carboxylic acids is 2. The largest absolute Gasteiger partial charge is 0.469 e. The number of nitrogens with zero attached hydrogens (tertiary/aromatic N) is 1. The molecule has 1 aliphatic heterocycles. The van der Waals surface area contributed by atoms with Crippen molar-refractivity contribution >= 4 is 11.8 Å². The third kappa shape index (κ3) is 4.50. The van der Waals surface area contributed by atoms with E-state index in [0.29, 0.717) is 25.1 Å². The predicted molar refractivity (Wildman–Crippen MR) is 95.1 cm³/mol. The first-order valence-electron chi connectivity index (χ1n) is 8.80. The summed E-state index contributed by atoms with van der Waals surface area (Å²) in [5.74, 6) is 0.726. The van der Waals surface area contributed by atoms with Gasteiger partial charge < -0.3 is 14.6 Å². The van der Waals surface area contributed by atoms with Gasteiger partial charge in [-0.3, -0.25) is 9.59 Å². The maximum atomic E-state index is 12.6. The molecule has 0 spiro atoms. The molecule has 1 N–H and O–H groups in total. The molecule has 2 amide bonds. The summed E-state index contributed by atoms with van der Waals surface area (Å²) in [6.45, 7) is 3.16. The lowest BCUT2D eigenvalue weighted by molar-refractivity contribution is -0.126. The van der Waals surface area contributed by atoms with E-state index in [1.54, 1.807) is 11.2 Å². The molecular formula is C20H24N2O3. The van der Waals surface area contributed by atoms with Crippen LogP contribution in [0.2, 0.25) is 0 Å². The van der Waals surface area contributed by atoms with Gasteiger partial charge in [-0.2, -0.15) is 0 Å². The van der Waals surface area contributed by atoms with Gasteiger partial charge in [-0.15, -0.1) is 0 Å². The van der Waals surface area contributed by atoms with Gasteiger partial charge in [-0.05, 0) is 44.0 Å². The second-order valence-corrected chi connectivity index (χ2v) is 6.65. The second-order valence-electron chi connectivity index (χ2n) is 6.65. The number of hydrogen-bond acceptors (Lipinski definition) is 3. The zero-order chi connectivity index (χ0) is 17.6. The summed E-state index contributed by atoms with van der Waals surface area (Å²) in [7, 11) is 0. The van der Waals surface area contributed by atoms with Crippen LogP contribution in [0.15, 0.2) is 53.1 Å². The molecule has 3 rings (SSSR count). The van der Waals surface area contributed by atoms with Gasteiger partial charge in [0, 0.05) is 31.1 Å². The highest BCUT2D eigenvalue weighted by molar-refractivity contribution is 5.94. The van der Waals surface area contributed by atoms with Crippen LogP contribution in [0, 0.1) is 5.92 Å². The van der Waals surface area contributed by atoms with Crippen LogP contribution in [0.3, 0.4) is 0 Å². The van der Waals surface area contributed by atoms with E-state index in [-0.39, 0.29) is 23.8 Å². The first-order chi connectivity index (χ1) is 12.1. The molecular weight excluding hydrogens is 316 g/mol. The summed E-state index contributed by atoms with van der Waals surface area (Å²) in [5.41, 5.74) is 0.676. The van der Waals surface area contributed by atoms with Crippen LogP contribution in [-0.2, 0) is 11.2 Å². The Labute approximate surface area is 148 Å². The highest BCUT2D eigenvalue weighted by Gasteiger charge is 2.29. The van der Waals surface area contributed by atoms with E-state index in [9.17, 15) is 9.59 Å². The van der Waals surface area contributed by atoms with Crippen molar-refractivity contribution in [1.29, 1.82) is 0 Å². The molecule has 2 atom stereocenters. The molecule has 1 aromatic carbocycles. The summed E-state index contributed by atoms with van der Waals surface area (Å²) in [6.07, 6.45) is 3.97. The zero-order valence-electron chi connectivity index (χ0n) is 14.5.